The summed E-state index contributed by atoms with van der Waals surface area (Å²) in [5.41, 5.74) is 2.05. The number of carbonyl (C=O) groups excluding carboxylic acids is 1. The Bertz CT molecular complexity index is 298. The van der Waals surface area contributed by atoms with Crippen LogP contribution < -0.4 is 16.6 Å². The summed E-state index contributed by atoms with van der Waals surface area (Å²) in [6, 6.07) is 0. The fraction of sp³-hybridized carbons (Fsp3) is 0.800. The third-order valence-corrected chi connectivity index (χ3v) is 2.11. The van der Waals surface area contributed by atoms with Gasteiger partial charge in [-0.2, -0.15) is 0 Å². The van der Waals surface area contributed by atoms with Crippen LogP contribution in [0.4, 0.5) is 4.79 Å². The zero-order valence-corrected chi connectivity index (χ0v) is 10.6. The minimum atomic E-state index is -0.469. The quantitative estimate of drug-likeness (QED) is 0.465. The van der Waals surface area contributed by atoms with Gasteiger partial charge in [0.15, 0.2) is 0 Å². The maximum Gasteiger partial charge on any atom is 0.407 e. The summed E-state index contributed by atoms with van der Waals surface area (Å²) in [5.74, 6) is 5.97. The summed E-state index contributed by atoms with van der Waals surface area (Å²) in [6.45, 7) is 8.18. The van der Waals surface area contributed by atoms with Crippen molar-refractivity contribution in [3.05, 3.63) is 0 Å². The molecule has 7 nitrogen and oxygen atoms in total. The molecule has 0 aliphatic carbocycles. The first-order valence-electron chi connectivity index (χ1n) is 5.65. The molecule has 0 atom stereocenters. The second-order valence-electron chi connectivity index (χ2n) is 4.77. The standard InChI is InChI=1S/C10H21N5O2/c1-10(2,3)17-9(16)13-5-7-15-6-4-12-8(15)14-11/h4-7,11H2,1-3H3,(H,12,14)(H,13,16). The average Bonchev–Trinajstić information content (AvgIpc) is 2.62. The third kappa shape index (κ3) is 4.90. The van der Waals surface area contributed by atoms with E-state index in [1.807, 2.05) is 25.7 Å². The van der Waals surface area contributed by atoms with Crippen molar-refractivity contribution < 1.29 is 9.53 Å². The Morgan fingerprint density at radius 1 is 1.59 bits per heavy atom. The van der Waals surface area contributed by atoms with Crippen LogP contribution in [0.15, 0.2) is 4.99 Å². The Kier molecular flexibility index (Phi) is 4.56. The Labute approximate surface area is 101 Å². The average molecular weight is 243 g/mol. The molecule has 0 saturated carbocycles. The molecule has 17 heavy (non-hydrogen) atoms. The van der Waals surface area contributed by atoms with Gasteiger partial charge in [-0.3, -0.25) is 10.4 Å². The maximum atomic E-state index is 11.4. The molecule has 0 radical (unpaired) electrons. The summed E-state index contributed by atoms with van der Waals surface area (Å²) in [4.78, 5) is 17.5. The molecule has 1 aliphatic rings. The number of guanidine groups is 1. The summed E-state index contributed by atoms with van der Waals surface area (Å²) >= 11 is 0. The van der Waals surface area contributed by atoms with Crippen molar-refractivity contribution in [2.24, 2.45) is 10.8 Å². The van der Waals surface area contributed by atoms with Gasteiger partial charge in [0.05, 0.1) is 6.54 Å². The first kappa shape index (κ1) is 13.6. The number of hydrogen-bond acceptors (Lipinski definition) is 6. The molecule has 0 aromatic rings. The number of nitrogens with one attached hydrogen (secondary N) is 2. The van der Waals surface area contributed by atoms with E-state index in [1.165, 1.54) is 0 Å². The lowest BCUT2D eigenvalue weighted by molar-refractivity contribution is 0.0525. The zero-order chi connectivity index (χ0) is 12.9. The van der Waals surface area contributed by atoms with Crippen molar-refractivity contribution in [2.45, 2.75) is 26.4 Å². The number of carbonyl (C=O) groups is 1. The molecule has 1 aliphatic heterocycles. The van der Waals surface area contributed by atoms with Gasteiger partial charge < -0.3 is 15.0 Å². The van der Waals surface area contributed by atoms with Crippen LogP contribution in [0.5, 0.6) is 0 Å². The highest BCUT2D eigenvalue weighted by atomic mass is 16.6. The molecule has 0 aromatic heterocycles. The number of rotatable bonds is 3. The normalized spacial score (nSPS) is 15.5. The molecule has 4 N–H and O–H groups in total. The highest BCUT2D eigenvalue weighted by molar-refractivity contribution is 5.80. The van der Waals surface area contributed by atoms with Crippen LogP contribution >= 0.6 is 0 Å². The highest BCUT2D eigenvalue weighted by Crippen LogP contribution is 2.06. The second-order valence-corrected chi connectivity index (χ2v) is 4.77. The van der Waals surface area contributed by atoms with Gasteiger partial charge in [0.25, 0.3) is 0 Å². The Morgan fingerprint density at radius 2 is 2.29 bits per heavy atom. The van der Waals surface area contributed by atoms with E-state index in [2.05, 4.69) is 15.7 Å². The fourth-order valence-electron chi connectivity index (χ4n) is 1.44. The lowest BCUT2D eigenvalue weighted by Crippen LogP contribution is -2.45. The molecular formula is C10H21N5O2. The van der Waals surface area contributed by atoms with Crippen LogP contribution in [0, 0.1) is 0 Å². The summed E-state index contributed by atoms with van der Waals surface area (Å²) in [5, 5.41) is 2.68. The number of hydrogen-bond donors (Lipinski definition) is 3. The Balaban J connectivity index is 2.20. The number of nitrogens with two attached hydrogens (primary N) is 1. The predicted molar refractivity (Wildman–Crippen MR) is 65.4 cm³/mol. The van der Waals surface area contributed by atoms with E-state index < -0.39 is 11.7 Å². The van der Waals surface area contributed by atoms with Crippen LogP contribution in [0.1, 0.15) is 20.8 Å². The number of nitrogens with zero attached hydrogens (tertiary/aromatic N) is 2. The van der Waals surface area contributed by atoms with Crippen LogP contribution in [0.2, 0.25) is 0 Å². The number of alkyl carbamates (subject to hydrolysis) is 1. The van der Waals surface area contributed by atoms with Gasteiger partial charge in [-0.1, -0.05) is 0 Å². The predicted octanol–water partition coefficient (Wildman–Crippen LogP) is -0.354. The molecule has 1 heterocycles. The molecule has 0 unspecified atom stereocenters. The topological polar surface area (TPSA) is 92.0 Å². The van der Waals surface area contributed by atoms with Gasteiger partial charge in [0, 0.05) is 19.6 Å². The van der Waals surface area contributed by atoms with E-state index >= 15 is 0 Å². The van der Waals surface area contributed by atoms with E-state index in [9.17, 15) is 4.79 Å². The molecule has 0 spiro atoms. The van der Waals surface area contributed by atoms with Crippen LogP contribution in [-0.2, 0) is 4.74 Å². The van der Waals surface area contributed by atoms with Gasteiger partial charge in [-0.05, 0) is 20.8 Å². The van der Waals surface area contributed by atoms with Crippen molar-refractivity contribution in [1.82, 2.24) is 15.6 Å². The molecular weight excluding hydrogens is 222 g/mol. The number of amides is 1. The summed E-state index contributed by atoms with van der Waals surface area (Å²) in [7, 11) is 0. The van der Waals surface area contributed by atoms with Crippen molar-refractivity contribution in [3.63, 3.8) is 0 Å². The van der Waals surface area contributed by atoms with Gasteiger partial charge in [0.2, 0.25) is 5.96 Å². The molecule has 0 aromatic carbocycles. The number of ether oxygens (including phenoxy) is 1. The van der Waals surface area contributed by atoms with Gasteiger partial charge >= 0.3 is 6.09 Å². The van der Waals surface area contributed by atoms with Crippen LogP contribution in [0.25, 0.3) is 0 Å². The maximum absolute atomic E-state index is 11.4. The summed E-state index contributed by atoms with van der Waals surface area (Å²) < 4.78 is 5.12. The van der Waals surface area contributed by atoms with Gasteiger partial charge in [-0.25, -0.2) is 10.6 Å². The second kappa shape index (κ2) is 5.72. The number of hydrazine groups is 1. The largest absolute Gasteiger partial charge is 0.444 e. The van der Waals surface area contributed by atoms with E-state index in [0.29, 0.717) is 19.0 Å². The smallest absolute Gasteiger partial charge is 0.407 e. The zero-order valence-electron chi connectivity index (χ0n) is 10.6. The van der Waals surface area contributed by atoms with E-state index in [0.717, 1.165) is 13.1 Å². The van der Waals surface area contributed by atoms with Crippen LogP contribution in [0.3, 0.4) is 0 Å². The van der Waals surface area contributed by atoms with Crippen molar-refractivity contribution in [1.29, 1.82) is 0 Å². The first-order valence-corrected chi connectivity index (χ1v) is 5.65. The molecule has 1 rings (SSSR count). The Morgan fingerprint density at radius 3 is 2.88 bits per heavy atom. The molecule has 0 fully saturated rings. The van der Waals surface area contributed by atoms with Crippen molar-refractivity contribution in [3.8, 4) is 0 Å². The highest BCUT2D eigenvalue weighted by Gasteiger charge is 2.17. The lowest BCUT2D eigenvalue weighted by atomic mass is 10.2. The molecule has 7 heteroatoms. The molecule has 0 bridgehead atoms. The fourth-order valence-corrected chi connectivity index (χ4v) is 1.44. The lowest BCUT2D eigenvalue weighted by Gasteiger charge is -2.22. The third-order valence-electron chi connectivity index (χ3n) is 2.11. The minimum Gasteiger partial charge on any atom is -0.444 e. The molecule has 1 amide bonds. The van der Waals surface area contributed by atoms with E-state index in [1.54, 1.807) is 0 Å². The number of aliphatic imine (C=N–C) groups is 1. The first-order chi connectivity index (χ1) is 7.92. The minimum absolute atomic E-state index is 0.407. The van der Waals surface area contributed by atoms with Crippen molar-refractivity contribution in [2.75, 3.05) is 26.2 Å². The van der Waals surface area contributed by atoms with Crippen molar-refractivity contribution >= 4 is 12.1 Å². The van der Waals surface area contributed by atoms with E-state index in [-0.39, 0.29) is 0 Å². The van der Waals surface area contributed by atoms with Gasteiger partial charge in [0.1, 0.15) is 5.60 Å². The summed E-state index contributed by atoms with van der Waals surface area (Å²) in [6.07, 6.45) is -0.407. The van der Waals surface area contributed by atoms with E-state index in [4.69, 9.17) is 10.6 Å². The van der Waals surface area contributed by atoms with Crippen LogP contribution in [-0.4, -0.2) is 48.7 Å². The molecule has 98 valence electrons. The monoisotopic (exact) mass is 243 g/mol. The molecule has 0 saturated heterocycles. The van der Waals surface area contributed by atoms with Gasteiger partial charge in [-0.15, -0.1) is 0 Å². The Hall–Kier alpha value is -1.50. The SMILES string of the molecule is CC(C)(C)OC(=O)NCCN1CCN=C1NN.